The molecule has 0 aromatic carbocycles. The van der Waals surface area contributed by atoms with Crippen molar-refractivity contribution in [3.05, 3.63) is 0 Å². The SMILES string of the molecule is CC(=O)NS(=O)C1(C(F)F)CC1. The monoisotopic (exact) mass is 197 g/mol. The summed E-state index contributed by atoms with van der Waals surface area (Å²) in [5.74, 6) is -0.541. The van der Waals surface area contributed by atoms with Gasteiger partial charge in [-0.1, -0.05) is 0 Å². The normalized spacial score (nSPS) is 22.0. The van der Waals surface area contributed by atoms with E-state index in [9.17, 15) is 17.8 Å². The lowest BCUT2D eigenvalue weighted by Gasteiger charge is -2.12. The number of halogens is 2. The zero-order chi connectivity index (χ0) is 9.35. The molecule has 0 aliphatic heterocycles. The third-order valence-electron chi connectivity index (χ3n) is 1.75. The van der Waals surface area contributed by atoms with E-state index in [2.05, 4.69) is 0 Å². The quantitative estimate of drug-likeness (QED) is 0.719. The van der Waals surface area contributed by atoms with Gasteiger partial charge < -0.3 is 0 Å². The molecule has 0 spiro atoms. The van der Waals surface area contributed by atoms with Crippen LogP contribution in [-0.2, 0) is 15.8 Å². The average molecular weight is 197 g/mol. The second-order valence-electron chi connectivity index (χ2n) is 2.79. The lowest BCUT2D eigenvalue weighted by Crippen LogP contribution is -2.37. The molecule has 0 bridgehead atoms. The van der Waals surface area contributed by atoms with Crippen molar-refractivity contribution >= 4 is 16.9 Å². The van der Waals surface area contributed by atoms with Gasteiger partial charge in [0, 0.05) is 6.92 Å². The summed E-state index contributed by atoms with van der Waals surface area (Å²) < 4.78 is 36.1. The smallest absolute Gasteiger partial charge is 0.257 e. The van der Waals surface area contributed by atoms with Crippen molar-refractivity contribution in [2.75, 3.05) is 0 Å². The zero-order valence-electron chi connectivity index (χ0n) is 6.47. The van der Waals surface area contributed by atoms with Crippen LogP contribution in [0.2, 0.25) is 0 Å². The van der Waals surface area contributed by atoms with Crippen LogP contribution in [0.3, 0.4) is 0 Å². The third-order valence-corrected chi connectivity index (χ3v) is 3.54. The van der Waals surface area contributed by atoms with Gasteiger partial charge in [-0.15, -0.1) is 0 Å². The molecule has 0 radical (unpaired) electrons. The molecule has 12 heavy (non-hydrogen) atoms. The molecule has 1 rings (SSSR count). The van der Waals surface area contributed by atoms with Crippen molar-refractivity contribution in [3.8, 4) is 0 Å². The van der Waals surface area contributed by atoms with E-state index in [1.165, 1.54) is 0 Å². The average Bonchev–Trinajstić information content (AvgIpc) is 2.63. The van der Waals surface area contributed by atoms with Crippen LogP contribution in [0.5, 0.6) is 0 Å². The van der Waals surface area contributed by atoms with Gasteiger partial charge in [0.25, 0.3) is 6.43 Å². The van der Waals surface area contributed by atoms with E-state index in [-0.39, 0.29) is 12.8 Å². The van der Waals surface area contributed by atoms with Gasteiger partial charge in [-0.3, -0.25) is 9.52 Å². The first-order valence-corrected chi connectivity index (χ1v) is 4.61. The number of nitrogens with one attached hydrogen (secondary N) is 1. The van der Waals surface area contributed by atoms with E-state index in [0.29, 0.717) is 0 Å². The Morgan fingerprint density at radius 2 is 2.08 bits per heavy atom. The lowest BCUT2D eigenvalue weighted by atomic mass is 10.4. The second-order valence-corrected chi connectivity index (χ2v) is 4.35. The van der Waals surface area contributed by atoms with Gasteiger partial charge in [0.15, 0.2) is 0 Å². The van der Waals surface area contributed by atoms with E-state index in [1.807, 2.05) is 4.72 Å². The lowest BCUT2D eigenvalue weighted by molar-refractivity contribution is -0.117. The van der Waals surface area contributed by atoms with Crippen molar-refractivity contribution in [2.45, 2.75) is 30.9 Å². The van der Waals surface area contributed by atoms with Crippen LogP contribution < -0.4 is 4.72 Å². The number of alkyl halides is 2. The first-order chi connectivity index (χ1) is 5.49. The number of hydrogen-bond acceptors (Lipinski definition) is 2. The molecule has 1 fully saturated rings. The zero-order valence-corrected chi connectivity index (χ0v) is 7.29. The molecule has 1 aliphatic rings. The molecular formula is C6H9F2NO2S. The fourth-order valence-corrected chi connectivity index (χ4v) is 1.94. The molecule has 6 heteroatoms. The second kappa shape index (κ2) is 3.08. The number of carbonyl (C=O) groups is 1. The minimum Gasteiger partial charge on any atom is -0.275 e. The molecular weight excluding hydrogens is 188 g/mol. The van der Waals surface area contributed by atoms with Gasteiger partial charge in [-0.05, 0) is 12.8 Å². The highest BCUT2D eigenvalue weighted by Crippen LogP contribution is 2.45. The fraction of sp³-hybridized carbons (Fsp3) is 0.833. The summed E-state index contributed by atoms with van der Waals surface area (Å²) in [5.41, 5.74) is 0. The van der Waals surface area contributed by atoms with E-state index < -0.39 is 28.1 Å². The van der Waals surface area contributed by atoms with Crippen molar-refractivity contribution in [2.24, 2.45) is 0 Å². The molecule has 1 atom stereocenters. The highest BCUT2D eigenvalue weighted by atomic mass is 32.2. The van der Waals surface area contributed by atoms with E-state index >= 15 is 0 Å². The Morgan fingerprint density at radius 1 is 1.58 bits per heavy atom. The summed E-state index contributed by atoms with van der Waals surface area (Å²) in [5, 5.41) is 0. The van der Waals surface area contributed by atoms with Crippen LogP contribution in [0.15, 0.2) is 0 Å². The van der Waals surface area contributed by atoms with Crippen LogP contribution in [0, 0.1) is 0 Å². The van der Waals surface area contributed by atoms with Crippen LogP contribution in [-0.4, -0.2) is 21.3 Å². The Balaban J connectivity index is 2.58. The Labute approximate surface area is 71.1 Å². The predicted octanol–water partition coefficient (Wildman–Crippen LogP) is 0.584. The first-order valence-electron chi connectivity index (χ1n) is 3.46. The summed E-state index contributed by atoms with van der Waals surface area (Å²) in [7, 11) is -1.93. The maximum Gasteiger partial charge on any atom is 0.257 e. The maximum atomic E-state index is 12.2. The molecule has 1 amide bonds. The standard InChI is InChI=1S/C6H9F2NO2S/c1-4(10)9-12(11)6(2-3-6)5(7)8/h5H,2-3H2,1H3,(H,9,10). The van der Waals surface area contributed by atoms with Crippen molar-refractivity contribution in [1.82, 2.24) is 4.72 Å². The summed E-state index contributed by atoms with van der Waals surface area (Å²) in [6.45, 7) is 1.15. The Hall–Kier alpha value is -0.520. The molecule has 0 aromatic heterocycles. The Morgan fingerprint density at radius 3 is 2.33 bits per heavy atom. The van der Waals surface area contributed by atoms with E-state index in [4.69, 9.17) is 0 Å². The van der Waals surface area contributed by atoms with Crippen LogP contribution in [0.1, 0.15) is 19.8 Å². The topological polar surface area (TPSA) is 46.2 Å². The van der Waals surface area contributed by atoms with Gasteiger partial charge in [0.2, 0.25) is 5.91 Å². The fourth-order valence-electron chi connectivity index (χ4n) is 0.840. The molecule has 0 heterocycles. The molecule has 1 aliphatic carbocycles. The number of amides is 1. The largest absolute Gasteiger partial charge is 0.275 e. The summed E-state index contributed by atoms with van der Waals surface area (Å²) in [6.07, 6.45) is -2.18. The number of rotatable bonds is 3. The van der Waals surface area contributed by atoms with Crippen molar-refractivity contribution in [1.29, 1.82) is 0 Å². The maximum absolute atomic E-state index is 12.2. The van der Waals surface area contributed by atoms with Gasteiger partial charge in [-0.25, -0.2) is 13.0 Å². The molecule has 1 unspecified atom stereocenters. The minimum absolute atomic E-state index is 0.220. The predicted molar refractivity (Wildman–Crippen MR) is 39.9 cm³/mol. The van der Waals surface area contributed by atoms with Crippen LogP contribution in [0.4, 0.5) is 8.78 Å². The van der Waals surface area contributed by atoms with Gasteiger partial charge in [-0.2, -0.15) is 0 Å². The Bertz CT molecular complexity index is 228. The van der Waals surface area contributed by atoms with E-state index in [0.717, 1.165) is 6.92 Å². The highest BCUT2D eigenvalue weighted by molar-refractivity contribution is 7.85. The van der Waals surface area contributed by atoms with Crippen LogP contribution in [0.25, 0.3) is 0 Å². The third kappa shape index (κ3) is 1.63. The first kappa shape index (κ1) is 9.57. The van der Waals surface area contributed by atoms with Crippen molar-refractivity contribution < 1.29 is 17.8 Å². The summed E-state index contributed by atoms with van der Waals surface area (Å²) in [4.78, 5) is 10.4. The summed E-state index contributed by atoms with van der Waals surface area (Å²) >= 11 is 0. The Kier molecular flexibility index (Phi) is 2.46. The molecule has 1 saturated carbocycles. The number of hydrogen-bond donors (Lipinski definition) is 1. The van der Waals surface area contributed by atoms with Gasteiger partial charge >= 0.3 is 0 Å². The minimum atomic E-state index is -2.62. The molecule has 3 nitrogen and oxygen atoms in total. The molecule has 70 valence electrons. The van der Waals surface area contributed by atoms with Crippen molar-refractivity contribution in [3.63, 3.8) is 0 Å². The number of carbonyl (C=O) groups excluding carboxylic acids is 1. The molecule has 0 saturated heterocycles. The van der Waals surface area contributed by atoms with E-state index in [1.54, 1.807) is 0 Å². The van der Waals surface area contributed by atoms with Gasteiger partial charge in [0.05, 0.1) is 0 Å². The van der Waals surface area contributed by atoms with Crippen LogP contribution >= 0.6 is 0 Å². The summed E-state index contributed by atoms with van der Waals surface area (Å²) in [6, 6.07) is 0. The van der Waals surface area contributed by atoms with Gasteiger partial charge in [0.1, 0.15) is 15.7 Å². The molecule has 1 N–H and O–H groups in total. The highest BCUT2D eigenvalue weighted by Gasteiger charge is 2.57. The molecule has 0 aromatic rings.